The molecule has 3 unspecified atom stereocenters. The maximum absolute atomic E-state index is 12.4. The van der Waals surface area contributed by atoms with E-state index in [1.165, 1.54) is 4.90 Å². The van der Waals surface area contributed by atoms with E-state index in [0.29, 0.717) is 43.5 Å². The Morgan fingerprint density at radius 2 is 1.89 bits per heavy atom. The first-order chi connectivity index (χ1) is 17.5. The number of amides is 3. The van der Waals surface area contributed by atoms with Crippen molar-refractivity contribution in [3.63, 3.8) is 0 Å². The molecule has 0 saturated carbocycles. The van der Waals surface area contributed by atoms with Gasteiger partial charge in [-0.25, -0.2) is 14.8 Å². The minimum absolute atomic E-state index is 0.0350. The number of carbonyl (C=O) groups excluding carboxylic acids is 2. The molecule has 3 amide bonds. The molecule has 1 aromatic heterocycles. The van der Waals surface area contributed by atoms with E-state index in [2.05, 4.69) is 15.6 Å². The van der Waals surface area contributed by atoms with E-state index in [-0.39, 0.29) is 11.8 Å². The van der Waals surface area contributed by atoms with Gasteiger partial charge in [-0.2, -0.15) is 0 Å². The Morgan fingerprint density at radius 3 is 2.58 bits per heavy atom. The third-order valence-corrected chi connectivity index (χ3v) is 6.75. The lowest BCUT2D eigenvalue weighted by Crippen LogP contribution is -2.68. The van der Waals surface area contributed by atoms with E-state index in [1.807, 2.05) is 60.7 Å². The van der Waals surface area contributed by atoms with E-state index >= 15 is 0 Å². The fraction of sp³-hybridized carbons (Fsp3) is 0.308. The van der Waals surface area contributed by atoms with Gasteiger partial charge >= 0.3 is 6.03 Å². The highest BCUT2D eigenvalue weighted by molar-refractivity contribution is 5.93. The Morgan fingerprint density at radius 1 is 1.11 bits per heavy atom. The zero-order chi connectivity index (χ0) is 25.1. The molecule has 2 aliphatic heterocycles. The van der Waals surface area contributed by atoms with Crippen molar-refractivity contribution in [2.75, 3.05) is 31.6 Å². The number of nitrogens with two attached hydrogens (primary N) is 2. The number of urea groups is 1. The molecule has 6 N–H and O–H groups in total. The largest absolute Gasteiger partial charge is 0.381 e. The van der Waals surface area contributed by atoms with Crippen molar-refractivity contribution >= 4 is 17.6 Å². The van der Waals surface area contributed by atoms with Crippen LogP contribution in [0.3, 0.4) is 0 Å². The van der Waals surface area contributed by atoms with Crippen LogP contribution in [0.15, 0.2) is 66.9 Å². The SMILES string of the molecule is NC(=O)N1CCNC(c2nccc(-c3ccc(NC(=O)C4CCOC4)cc3)n2)C1(N)c1ccccc1. The second-order valence-electron chi connectivity index (χ2n) is 9.00. The predicted octanol–water partition coefficient (Wildman–Crippen LogP) is 1.96. The summed E-state index contributed by atoms with van der Waals surface area (Å²) in [5, 5.41) is 6.33. The zero-order valence-electron chi connectivity index (χ0n) is 19.8. The van der Waals surface area contributed by atoms with Crippen LogP contribution < -0.4 is 22.1 Å². The van der Waals surface area contributed by atoms with Gasteiger partial charge < -0.3 is 26.8 Å². The van der Waals surface area contributed by atoms with Crippen molar-refractivity contribution in [2.24, 2.45) is 17.4 Å². The summed E-state index contributed by atoms with van der Waals surface area (Å²) in [4.78, 5) is 35.5. The highest BCUT2D eigenvalue weighted by Crippen LogP contribution is 2.37. The molecule has 10 nitrogen and oxygen atoms in total. The third-order valence-electron chi connectivity index (χ3n) is 6.75. The van der Waals surface area contributed by atoms with Gasteiger partial charge in [-0.05, 0) is 30.2 Å². The van der Waals surface area contributed by atoms with Crippen molar-refractivity contribution in [3.8, 4) is 11.3 Å². The lowest BCUT2D eigenvalue weighted by atomic mass is 9.87. The van der Waals surface area contributed by atoms with Crippen molar-refractivity contribution in [2.45, 2.75) is 18.1 Å². The quantitative estimate of drug-likeness (QED) is 0.430. The summed E-state index contributed by atoms with van der Waals surface area (Å²) in [5.41, 5.74) is 14.4. The molecule has 2 saturated heterocycles. The van der Waals surface area contributed by atoms with Crippen LogP contribution in [0.2, 0.25) is 0 Å². The van der Waals surface area contributed by atoms with Gasteiger partial charge in [0, 0.05) is 37.1 Å². The molecule has 0 aliphatic carbocycles. The van der Waals surface area contributed by atoms with E-state index in [0.717, 1.165) is 17.5 Å². The number of carbonyl (C=O) groups is 2. The fourth-order valence-corrected chi connectivity index (χ4v) is 4.81. The van der Waals surface area contributed by atoms with Crippen LogP contribution in [0.1, 0.15) is 23.9 Å². The fourth-order valence-electron chi connectivity index (χ4n) is 4.81. The van der Waals surface area contributed by atoms with Gasteiger partial charge in [0.15, 0.2) is 0 Å². The van der Waals surface area contributed by atoms with Gasteiger partial charge in [-0.1, -0.05) is 42.5 Å². The third kappa shape index (κ3) is 4.53. The van der Waals surface area contributed by atoms with Crippen molar-refractivity contribution in [1.29, 1.82) is 0 Å². The van der Waals surface area contributed by atoms with E-state index < -0.39 is 17.7 Å². The number of ether oxygens (including phenoxy) is 1. The Bertz CT molecular complexity index is 1230. The highest BCUT2D eigenvalue weighted by atomic mass is 16.5. The second-order valence-corrected chi connectivity index (χ2v) is 9.00. The summed E-state index contributed by atoms with van der Waals surface area (Å²) >= 11 is 0. The molecule has 5 rings (SSSR count). The number of rotatable bonds is 5. The van der Waals surface area contributed by atoms with Crippen molar-refractivity contribution < 1.29 is 14.3 Å². The normalized spacial score (nSPS) is 23.9. The molecule has 2 aliphatic rings. The molecule has 3 atom stereocenters. The lowest BCUT2D eigenvalue weighted by molar-refractivity contribution is -0.119. The van der Waals surface area contributed by atoms with Gasteiger partial charge in [0.2, 0.25) is 5.91 Å². The van der Waals surface area contributed by atoms with Gasteiger partial charge in [0.05, 0.1) is 18.2 Å². The summed E-state index contributed by atoms with van der Waals surface area (Å²) in [7, 11) is 0. The molecule has 0 bridgehead atoms. The molecule has 36 heavy (non-hydrogen) atoms. The molecular formula is C26H29N7O3. The summed E-state index contributed by atoms with van der Waals surface area (Å²) in [6.07, 6.45) is 2.41. The molecule has 3 heterocycles. The Balaban J connectivity index is 1.42. The number of nitrogens with one attached hydrogen (secondary N) is 2. The van der Waals surface area contributed by atoms with Crippen LogP contribution in [0.25, 0.3) is 11.3 Å². The Labute approximate surface area is 209 Å². The molecule has 3 aromatic rings. The standard InChI is InChI=1S/C26H29N7O3/c27-25(35)33-14-13-29-22(26(33,28)19-4-2-1-3-5-19)23-30-12-10-21(32-23)17-6-8-20(9-7-17)31-24(34)18-11-15-36-16-18/h1-10,12,18,22,29H,11,13-16,28H2,(H2,27,35)(H,31,34). The van der Waals surface area contributed by atoms with Crippen LogP contribution in [0, 0.1) is 5.92 Å². The summed E-state index contributed by atoms with van der Waals surface area (Å²) in [6.45, 7) is 1.93. The number of piperazine rings is 1. The lowest BCUT2D eigenvalue weighted by Gasteiger charge is -2.48. The summed E-state index contributed by atoms with van der Waals surface area (Å²) in [6, 6.07) is 17.4. The number of aromatic nitrogens is 2. The molecule has 2 aromatic carbocycles. The number of hydrogen-bond acceptors (Lipinski definition) is 7. The number of benzene rings is 2. The molecule has 186 valence electrons. The zero-order valence-corrected chi connectivity index (χ0v) is 19.8. The molecule has 0 radical (unpaired) electrons. The predicted molar refractivity (Wildman–Crippen MR) is 134 cm³/mol. The average molecular weight is 488 g/mol. The first-order valence-electron chi connectivity index (χ1n) is 11.9. The van der Waals surface area contributed by atoms with Crippen LogP contribution in [0.4, 0.5) is 10.5 Å². The molecule has 2 fully saturated rings. The average Bonchev–Trinajstić information content (AvgIpc) is 3.45. The van der Waals surface area contributed by atoms with Gasteiger partial charge in [0.1, 0.15) is 17.5 Å². The topological polar surface area (TPSA) is 148 Å². The van der Waals surface area contributed by atoms with Crippen molar-refractivity contribution in [3.05, 3.63) is 78.2 Å². The van der Waals surface area contributed by atoms with Gasteiger partial charge in [-0.3, -0.25) is 9.69 Å². The maximum atomic E-state index is 12.4. The smallest absolute Gasteiger partial charge is 0.316 e. The number of hydrogen-bond donors (Lipinski definition) is 4. The molecule has 0 spiro atoms. The first kappa shape index (κ1) is 23.9. The highest BCUT2D eigenvalue weighted by Gasteiger charge is 2.48. The Hall–Kier alpha value is -3.86. The number of nitrogens with zero attached hydrogens (tertiary/aromatic N) is 3. The van der Waals surface area contributed by atoms with Gasteiger partial charge in [0.25, 0.3) is 0 Å². The van der Waals surface area contributed by atoms with Crippen LogP contribution in [0.5, 0.6) is 0 Å². The first-order valence-corrected chi connectivity index (χ1v) is 11.9. The van der Waals surface area contributed by atoms with Crippen LogP contribution >= 0.6 is 0 Å². The van der Waals surface area contributed by atoms with Crippen molar-refractivity contribution in [1.82, 2.24) is 20.2 Å². The number of anilines is 1. The minimum Gasteiger partial charge on any atom is -0.381 e. The molecular weight excluding hydrogens is 458 g/mol. The maximum Gasteiger partial charge on any atom is 0.316 e. The second kappa shape index (κ2) is 10.0. The Kier molecular flexibility index (Phi) is 6.64. The monoisotopic (exact) mass is 487 g/mol. The van der Waals surface area contributed by atoms with Crippen LogP contribution in [-0.4, -0.2) is 53.1 Å². The van der Waals surface area contributed by atoms with E-state index in [1.54, 1.807) is 6.20 Å². The summed E-state index contributed by atoms with van der Waals surface area (Å²) < 4.78 is 5.30. The summed E-state index contributed by atoms with van der Waals surface area (Å²) in [5.74, 6) is 0.300. The molecule has 10 heteroatoms. The minimum atomic E-state index is -1.28. The van der Waals surface area contributed by atoms with Crippen LogP contribution in [-0.2, 0) is 15.2 Å². The van der Waals surface area contributed by atoms with E-state index in [4.69, 9.17) is 21.2 Å². The van der Waals surface area contributed by atoms with Gasteiger partial charge in [-0.15, -0.1) is 0 Å². The number of primary amides is 1. The van der Waals surface area contributed by atoms with E-state index in [9.17, 15) is 9.59 Å².